The zero-order valence-electron chi connectivity index (χ0n) is 8.13. The van der Waals surface area contributed by atoms with Crippen molar-refractivity contribution < 1.29 is 0 Å². The van der Waals surface area contributed by atoms with Crippen LogP contribution in [0.1, 0.15) is 6.92 Å². The fourth-order valence-corrected chi connectivity index (χ4v) is 3.17. The van der Waals surface area contributed by atoms with Crippen molar-refractivity contribution in [3.8, 4) is 0 Å². The lowest BCUT2D eigenvalue weighted by atomic mass is 10.3. The summed E-state index contributed by atoms with van der Waals surface area (Å²) in [6.45, 7) is 2.12. The van der Waals surface area contributed by atoms with Gasteiger partial charge in [0, 0.05) is 14.3 Å². The summed E-state index contributed by atoms with van der Waals surface area (Å²) in [5.41, 5.74) is 1.07. The van der Waals surface area contributed by atoms with Crippen LogP contribution >= 0.6 is 46.0 Å². The highest BCUT2D eigenvalue weighted by Gasteiger charge is 2.14. The minimum Gasteiger partial charge on any atom is -0.334 e. The van der Waals surface area contributed by atoms with Crippen molar-refractivity contribution in [2.24, 2.45) is 4.99 Å². The number of benzene rings is 1. The molecule has 0 saturated heterocycles. The standard InChI is InChI=1S/C10H10ClIN2S/c1-6-5-15-10(13-6)14-9-3-2-7(11)4-8(9)12/h2-4,6H,5H2,1H3,(H,13,14). The second-order valence-electron chi connectivity index (χ2n) is 3.34. The second-order valence-corrected chi connectivity index (χ2v) is 5.95. The molecule has 0 fully saturated rings. The van der Waals surface area contributed by atoms with Crippen molar-refractivity contribution >= 4 is 56.8 Å². The minimum absolute atomic E-state index is 0.419. The molecule has 5 heteroatoms. The van der Waals surface area contributed by atoms with E-state index in [-0.39, 0.29) is 0 Å². The number of nitrogens with zero attached hydrogens (tertiary/aromatic N) is 1. The van der Waals surface area contributed by atoms with Crippen molar-refractivity contribution in [1.82, 2.24) is 0 Å². The van der Waals surface area contributed by atoms with Crippen molar-refractivity contribution in [3.05, 3.63) is 26.8 Å². The second kappa shape index (κ2) is 4.93. The van der Waals surface area contributed by atoms with Crippen LogP contribution in [-0.2, 0) is 0 Å². The maximum Gasteiger partial charge on any atom is 0.161 e. The summed E-state index contributed by atoms with van der Waals surface area (Å²) in [4.78, 5) is 4.48. The molecule has 1 atom stereocenters. The lowest BCUT2D eigenvalue weighted by Gasteiger charge is -2.07. The Morgan fingerprint density at radius 1 is 1.60 bits per heavy atom. The molecule has 0 aromatic heterocycles. The fourth-order valence-electron chi connectivity index (χ4n) is 1.25. The van der Waals surface area contributed by atoms with Crippen LogP contribution in [-0.4, -0.2) is 17.0 Å². The average molecular weight is 353 g/mol. The van der Waals surface area contributed by atoms with Gasteiger partial charge in [0.1, 0.15) is 0 Å². The molecule has 0 aliphatic carbocycles. The van der Waals surface area contributed by atoms with Gasteiger partial charge >= 0.3 is 0 Å². The molecule has 80 valence electrons. The summed E-state index contributed by atoms with van der Waals surface area (Å²) in [6.07, 6.45) is 0. The van der Waals surface area contributed by atoms with Gasteiger partial charge in [-0.25, -0.2) is 0 Å². The molecule has 1 heterocycles. The SMILES string of the molecule is CC1CSC(Nc2ccc(Cl)cc2I)=N1. The fraction of sp³-hybridized carbons (Fsp3) is 0.300. The van der Waals surface area contributed by atoms with Crippen LogP contribution in [0, 0.1) is 3.57 Å². The Morgan fingerprint density at radius 2 is 2.40 bits per heavy atom. The molecule has 2 nitrogen and oxygen atoms in total. The highest BCUT2D eigenvalue weighted by molar-refractivity contribution is 14.1. The smallest absolute Gasteiger partial charge is 0.161 e. The van der Waals surface area contributed by atoms with Gasteiger partial charge < -0.3 is 5.32 Å². The molecule has 0 bridgehead atoms. The number of anilines is 1. The van der Waals surface area contributed by atoms with Gasteiger partial charge in [-0.2, -0.15) is 0 Å². The van der Waals surface area contributed by atoms with Crippen molar-refractivity contribution in [1.29, 1.82) is 0 Å². The third kappa shape index (κ3) is 3.01. The summed E-state index contributed by atoms with van der Waals surface area (Å²) >= 11 is 9.92. The predicted octanol–water partition coefficient (Wildman–Crippen LogP) is 3.85. The number of thioether (sulfide) groups is 1. The van der Waals surface area contributed by atoms with Gasteiger partial charge in [0.15, 0.2) is 5.17 Å². The number of halogens is 2. The highest BCUT2D eigenvalue weighted by atomic mass is 127. The van der Waals surface area contributed by atoms with Crippen molar-refractivity contribution in [2.75, 3.05) is 11.1 Å². The summed E-state index contributed by atoms with van der Waals surface area (Å²) in [5, 5.41) is 5.08. The molecule has 2 rings (SSSR count). The first-order valence-corrected chi connectivity index (χ1v) is 7.02. The molecule has 0 amide bonds. The highest BCUT2D eigenvalue weighted by Crippen LogP contribution is 2.25. The van der Waals surface area contributed by atoms with Crippen LogP contribution in [0.15, 0.2) is 23.2 Å². The first-order valence-electron chi connectivity index (χ1n) is 4.58. The van der Waals surface area contributed by atoms with Gasteiger partial charge in [-0.3, -0.25) is 4.99 Å². The van der Waals surface area contributed by atoms with E-state index in [2.05, 4.69) is 39.8 Å². The first kappa shape index (κ1) is 11.5. The van der Waals surface area contributed by atoms with E-state index in [1.807, 2.05) is 18.2 Å². The molecule has 1 aliphatic heterocycles. The topological polar surface area (TPSA) is 24.4 Å². The third-order valence-corrected chi connectivity index (χ3v) is 4.23. The third-order valence-electron chi connectivity index (χ3n) is 1.97. The number of nitrogens with one attached hydrogen (secondary N) is 1. The van der Waals surface area contributed by atoms with Crippen LogP contribution < -0.4 is 5.32 Å². The lowest BCUT2D eigenvalue weighted by Crippen LogP contribution is -2.06. The summed E-state index contributed by atoms with van der Waals surface area (Å²) in [6, 6.07) is 6.22. The maximum atomic E-state index is 5.89. The number of aliphatic imine (C=N–C) groups is 1. The summed E-state index contributed by atoms with van der Waals surface area (Å²) in [5.74, 6) is 1.06. The van der Waals surface area contributed by atoms with Gasteiger partial charge in [0.25, 0.3) is 0 Å². The maximum absolute atomic E-state index is 5.89. The van der Waals surface area contributed by atoms with Gasteiger partial charge in [0.2, 0.25) is 0 Å². The predicted molar refractivity (Wildman–Crippen MR) is 77.1 cm³/mol. The quantitative estimate of drug-likeness (QED) is 0.777. The van der Waals surface area contributed by atoms with Crippen LogP contribution in [0.3, 0.4) is 0 Å². The van der Waals surface area contributed by atoms with Crippen molar-refractivity contribution in [2.45, 2.75) is 13.0 Å². The molecule has 0 saturated carbocycles. The van der Waals surface area contributed by atoms with Gasteiger partial charge in [-0.1, -0.05) is 23.4 Å². The van der Waals surface area contributed by atoms with Gasteiger partial charge in [-0.15, -0.1) is 0 Å². The molecule has 1 aromatic carbocycles. The molecule has 1 N–H and O–H groups in total. The Bertz CT molecular complexity index is 408. The number of hydrogen-bond donors (Lipinski definition) is 1. The van der Waals surface area contributed by atoms with E-state index >= 15 is 0 Å². The number of rotatable bonds is 1. The number of amidine groups is 1. The van der Waals surface area contributed by atoms with E-state index in [1.54, 1.807) is 11.8 Å². The molecular formula is C10H10ClIN2S. The van der Waals surface area contributed by atoms with E-state index in [4.69, 9.17) is 11.6 Å². The molecule has 0 spiro atoms. The zero-order chi connectivity index (χ0) is 10.8. The molecular weight excluding hydrogens is 343 g/mol. The molecule has 15 heavy (non-hydrogen) atoms. The normalized spacial score (nSPS) is 20.2. The molecule has 1 aliphatic rings. The Hall–Kier alpha value is 0.0600. The van der Waals surface area contributed by atoms with Crippen LogP contribution in [0.2, 0.25) is 5.02 Å². The van der Waals surface area contributed by atoms with Crippen molar-refractivity contribution in [3.63, 3.8) is 0 Å². The average Bonchev–Trinajstić information content (AvgIpc) is 2.56. The van der Waals surface area contributed by atoms with Crippen LogP contribution in [0.4, 0.5) is 5.69 Å². The molecule has 0 radical (unpaired) electrons. The Kier molecular flexibility index (Phi) is 3.79. The largest absolute Gasteiger partial charge is 0.334 e. The first-order chi connectivity index (χ1) is 7.15. The summed E-state index contributed by atoms with van der Waals surface area (Å²) < 4.78 is 1.11. The Morgan fingerprint density at radius 3 is 3.00 bits per heavy atom. The Balaban J connectivity index is 2.14. The minimum atomic E-state index is 0.419. The monoisotopic (exact) mass is 352 g/mol. The van der Waals surface area contributed by atoms with Gasteiger partial charge in [0.05, 0.1) is 11.7 Å². The van der Waals surface area contributed by atoms with Crippen LogP contribution in [0.25, 0.3) is 0 Å². The Labute approximate surface area is 112 Å². The summed E-state index contributed by atoms with van der Waals surface area (Å²) in [7, 11) is 0. The number of hydrogen-bond acceptors (Lipinski definition) is 3. The van der Waals surface area contributed by atoms with E-state index in [1.165, 1.54) is 0 Å². The van der Waals surface area contributed by atoms with Crippen LogP contribution in [0.5, 0.6) is 0 Å². The van der Waals surface area contributed by atoms with E-state index < -0.39 is 0 Å². The lowest BCUT2D eigenvalue weighted by molar-refractivity contribution is 0.865. The van der Waals surface area contributed by atoms with Gasteiger partial charge in [-0.05, 0) is 47.7 Å². The van der Waals surface area contributed by atoms with E-state index in [9.17, 15) is 0 Å². The van der Waals surface area contributed by atoms with E-state index in [0.29, 0.717) is 6.04 Å². The molecule has 1 aromatic rings. The molecule has 1 unspecified atom stereocenters. The van der Waals surface area contributed by atoms with E-state index in [0.717, 1.165) is 25.2 Å². The zero-order valence-corrected chi connectivity index (χ0v) is 11.9.